The Morgan fingerprint density at radius 3 is 2.35 bits per heavy atom. The molecule has 2 nitrogen and oxygen atoms in total. The third-order valence-electron chi connectivity index (χ3n) is 3.99. The van der Waals surface area contributed by atoms with Crippen LogP contribution in [0, 0.1) is 11.8 Å². The maximum atomic E-state index is 12.1. The van der Waals surface area contributed by atoms with Gasteiger partial charge in [-0.2, -0.15) is 11.8 Å². The lowest BCUT2D eigenvalue weighted by molar-refractivity contribution is -0.133. The number of thioether (sulfide) groups is 1. The van der Waals surface area contributed by atoms with E-state index in [-0.39, 0.29) is 0 Å². The van der Waals surface area contributed by atoms with Crippen LogP contribution in [0.3, 0.4) is 0 Å². The normalized spacial score (nSPS) is 23.9. The van der Waals surface area contributed by atoms with Gasteiger partial charge in [-0.3, -0.25) is 4.79 Å². The molecule has 0 aromatic heterocycles. The summed E-state index contributed by atoms with van der Waals surface area (Å²) in [5, 5.41) is 0. The van der Waals surface area contributed by atoms with Gasteiger partial charge in [0.2, 0.25) is 5.91 Å². The Morgan fingerprint density at radius 1 is 1.12 bits per heavy atom. The van der Waals surface area contributed by atoms with Crippen LogP contribution in [0.15, 0.2) is 0 Å². The highest BCUT2D eigenvalue weighted by atomic mass is 35.5. The Morgan fingerprint density at radius 2 is 1.76 bits per heavy atom. The van der Waals surface area contributed by atoms with Crippen LogP contribution in [0.1, 0.15) is 32.1 Å². The van der Waals surface area contributed by atoms with E-state index in [1.165, 1.54) is 24.3 Å². The Labute approximate surface area is 113 Å². The zero-order valence-corrected chi connectivity index (χ0v) is 11.9. The van der Waals surface area contributed by atoms with Gasteiger partial charge in [-0.05, 0) is 49.0 Å². The molecular weight excluding hydrogens is 254 g/mol. The number of piperidine rings is 1. The molecule has 0 radical (unpaired) electrons. The minimum atomic E-state index is 0.384. The van der Waals surface area contributed by atoms with Gasteiger partial charge in [-0.25, -0.2) is 0 Å². The van der Waals surface area contributed by atoms with Crippen LogP contribution in [-0.4, -0.2) is 41.3 Å². The van der Waals surface area contributed by atoms with Crippen molar-refractivity contribution in [3.8, 4) is 0 Å². The molecule has 0 aromatic rings. The number of rotatable bonds is 3. The smallest absolute Gasteiger partial charge is 0.222 e. The molecule has 98 valence electrons. The van der Waals surface area contributed by atoms with Crippen molar-refractivity contribution in [1.29, 1.82) is 0 Å². The van der Waals surface area contributed by atoms with Gasteiger partial charge in [-0.15, -0.1) is 11.6 Å². The Balaban J connectivity index is 1.72. The lowest BCUT2D eigenvalue weighted by Crippen LogP contribution is -2.39. The zero-order valence-electron chi connectivity index (χ0n) is 10.4. The lowest BCUT2D eigenvalue weighted by atomic mass is 9.95. The summed E-state index contributed by atoms with van der Waals surface area (Å²) >= 11 is 7.88. The monoisotopic (exact) mass is 275 g/mol. The van der Waals surface area contributed by atoms with Crippen LogP contribution >= 0.6 is 23.4 Å². The maximum absolute atomic E-state index is 12.1. The van der Waals surface area contributed by atoms with Crippen LogP contribution in [0.5, 0.6) is 0 Å². The number of amides is 1. The summed E-state index contributed by atoms with van der Waals surface area (Å²) in [7, 11) is 0. The van der Waals surface area contributed by atoms with Crippen LogP contribution in [0.25, 0.3) is 0 Å². The van der Waals surface area contributed by atoms with E-state index in [9.17, 15) is 4.79 Å². The Kier molecular flexibility index (Phi) is 5.49. The number of carbonyl (C=O) groups excluding carboxylic acids is 1. The second-order valence-electron chi connectivity index (χ2n) is 5.24. The summed E-state index contributed by atoms with van der Waals surface area (Å²) in [5.41, 5.74) is 0. The molecule has 0 aromatic carbocycles. The molecule has 0 bridgehead atoms. The highest BCUT2D eigenvalue weighted by Crippen LogP contribution is 2.27. The first-order valence-electron chi connectivity index (χ1n) is 6.71. The van der Waals surface area contributed by atoms with Gasteiger partial charge in [0.1, 0.15) is 0 Å². The number of likely N-dealkylation sites (tertiary alicyclic amines) is 1. The predicted octanol–water partition coefficient (Wildman–Crippen LogP) is 3.00. The van der Waals surface area contributed by atoms with Crippen molar-refractivity contribution < 1.29 is 4.79 Å². The van der Waals surface area contributed by atoms with E-state index in [1.807, 2.05) is 11.8 Å². The summed E-state index contributed by atoms with van der Waals surface area (Å²) in [5.74, 6) is 4.90. The average molecular weight is 276 g/mol. The molecule has 0 aliphatic carbocycles. The highest BCUT2D eigenvalue weighted by molar-refractivity contribution is 7.99. The summed E-state index contributed by atoms with van der Waals surface area (Å²) < 4.78 is 0. The second kappa shape index (κ2) is 6.89. The van der Waals surface area contributed by atoms with Crippen LogP contribution in [0.2, 0.25) is 0 Å². The van der Waals surface area contributed by atoms with Gasteiger partial charge in [0.25, 0.3) is 0 Å². The lowest BCUT2D eigenvalue weighted by Gasteiger charge is -2.32. The number of carbonyl (C=O) groups is 1. The van der Waals surface area contributed by atoms with Crippen molar-refractivity contribution in [2.75, 3.05) is 30.5 Å². The minimum absolute atomic E-state index is 0.384. The van der Waals surface area contributed by atoms with Crippen molar-refractivity contribution in [1.82, 2.24) is 4.90 Å². The van der Waals surface area contributed by atoms with E-state index in [2.05, 4.69) is 4.90 Å². The van der Waals surface area contributed by atoms with E-state index in [0.717, 1.165) is 38.2 Å². The van der Waals surface area contributed by atoms with Gasteiger partial charge in [0.05, 0.1) is 0 Å². The van der Waals surface area contributed by atoms with Crippen LogP contribution in [-0.2, 0) is 4.79 Å². The molecule has 2 aliphatic rings. The Bertz CT molecular complexity index is 248. The third kappa shape index (κ3) is 4.06. The quantitative estimate of drug-likeness (QED) is 0.738. The van der Waals surface area contributed by atoms with Gasteiger partial charge in [0, 0.05) is 25.4 Å². The summed E-state index contributed by atoms with van der Waals surface area (Å²) in [6.07, 6.45) is 5.43. The molecule has 2 heterocycles. The van der Waals surface area contributed by atoms with E-state index in [1.54, 1.807) is 0 Å². The minimum Gasteiger partial charge on any atom is -0.343 e. The highest BCUT2D eigenvalue weighted by Gasteiger charge is 2.25. The molecule has 0 spiro atoms. The Hall–Kier alpha value is 0.110. The van der Waals surface area contributed by atoms with Gasteiger partial charge in [-0.1, -0.05) is 0 Å². The predicted molar refractivity (Wildman–Crippen MR) is 74.7 cm³/mol. The molecule has 2 saturated heterocycles. The molecule has 1 amide bonds. The van der Waals surface area contributed by atoms with E-state index < -0.39 is 0 Å². The van der Waals surface area contributed by atoms with Crippen molar-refractivity contribution in [3.63, 3.8) is 0 Å². The van der Waals surface area contributed by atoms with Gasteiger partial charge >= 0.3 is 0 Å². The largest absolute Gasteiger partial charge is 0.343 e. The van der Waals surface area contributed by atoms with Crippen molar-refractivity contribution in [2.45, 2.75) is 32.1 Å². The fraction of sp³-hybridized carbons (Fsp3) is 0.923. The summed E-state index contributed by atoms with van der Waals surface area (Å²) in [6.45, 7) is 1.86. The molecule has 2 rings (SSSR count). The van der Waals surface area contributed by atoms with Crippen molar-refractivity contribution in [3.05, 3.63) is 0 Å². The number of hydrogen-bond acceptors (Lipinski definition) is 2. The molecule has 2 aliphatic heterocycles. The molecule has 0 unspecified atom stereocenters. The number of nitrogens with zero attached hydrogens (tertiary/aromatic N) is 1. The third-order valence-corrected chi connectivity index (χ3v) is 5.47. The van der Waals surface area contributed by atoms with Crippen LogP contribution in [0.4, 0.5) is 0 Å². The standard InChI is InChI=1S/C13H22ClNOS/c14-10-12-1-5-15(6-2-12)13(16)9-11-3-7-17-8-4-11/h11-12H,1-10H2. The summed E-state index contributed by atoms with van der Waals surface area (Å²) in [4.78, 5) is 14.2. The van der Waals surface area contributed by atoms with E-state index in [0.29, 0.717) is 17.7 Å². The first-order valence-corrected chi connectivity index (χ1v) is 8.40. The molecule has 17 heavy (non-hydrogen) atoms. The first kappa shape index (κ1) is 13.5. The van der Waals surface area contributed by atoms with Crippen molar-refractivity contribution in [2.24, 2.45) is 11.8 Å². The van der Waals surface area contributed by atoms with E-state index >= 15 is 0 Å². The molecule has 0 saturated carbocycles. The molecule has 0 N–H and O–H groups in total. The topological polar surface area (TPSA) is 20.3 Å². The SMILES string of the molecule is O=C(CC1CCSCC1)N1CCC(CCl)CC1. The zero-order chi connectivity index (χ0) is 12.1. The molecule has 2 fully saturated rings. The van der Waals surface area contributed by atoms with Crippen LogP contribution < -0.4 is 0 Å². The number of alkyl halides is 1. The fourth-order valence-corrected chi connectivity index (χ4v) is 4.18. The van der Waals surface area contributed by atoms with Crippen molar-refractivity contribution >= 4 is 29.3 Å². The van der Waals surface area contributed by atoms with Gasteiger partial charge < -0.3 is 4.90 Å². The second-order valence-corrected chi connectivity index (χ2v) is 6.77. The average Bonchev–Trinajstić information content (AvgIpc) is 2.40. The molecule has 0 atom stereocenters. The van der Waals surface area contributed by atoms with E-state index in [4.69, 9.17) is 11.6 Å². The maximum Gasteiger partial charge on any atom is 0.222 e. The number of hydrogen-bond donors (Lipinski definition) is 0. The first-order chi connectivity index (χ1) is 8.29. The molecule has 4 heteroatoms. The number of halogens is 1. The fourth-order valence-electron chi connectivity index (χ4n) is 2.66. The summed E-state index contributed by atoms with van der Waals surface area (Å²) in [6, 6.07) is 0. The molecular formula is C13H22ClNOS. The van der Waals surface area contributed by atoms with Gasteiger partial charge in [0.15, 0.2) is 0 Å².